The smallest absolute Gasteiger partial charge is 0.0655 e. The quantitative estimate of drug-likeness (QED) is 0.539. The average Bonchev–Trinajstić information content (AvgIpc) is 3.22. The van der Waals surface area contributed by atoms with E-state index in [1.807, 2.05) is 6.92 Å². The van der Waals surface area contributed by atoms with Crippen LogP contribution in [0.2, 0.25) is 0 Å². The summed E-state index contributed by atoms with van der Waals surface area (Å²) < 4.78 is 0. The first-order chi connectivity index (χ1) is 14.4. The Balaban J connectivity index is 0.000000318. The van der Waals surface area contributed by atoms with Crippen LogP contribution < -0.4 is 5.73 Å². The molecule has 0 amide bonds. The van der Waals surface area contributed by atoms with Crippen molar-refractivity contribution in [3.63, 3.8) is 0 Å². The van der Waals surface area contributed by atoms with E-state index in [-0.39, 0.29) is 0 Å². The van der Waals surface area contributed by atoms with Crippen LogP contribution in [0.15, 0.2) is 47.1 Å². The fourth-order valence-corrected chi connectivity index (χ4v) is 4.44. The number of unbranched alkanes of at least 4 members (excludes halogenated alkanes) is 1. The lowest BCUT2D eigenvalue weighted by Crippen LogP contribution is -2.16. The number of nitriles is 1. The van der Waals surface area contributed by atoms with Gasteiger partial charge in [0.05, 0.1) is 6.07 Å². The van der Waals surface area contributed by atoms with E-state index in [0.29, 0.717) is 17.8 Å². The van der Waals surface area contributed by atoms with Crippen LogP contribution in [-0.2, 0) is 0 Å². The summed E-state index contributed by atoms with van der Waals surface area (Å²) in [5.74, 6) is 1.55. The van der Waals surface area contributed by atoms with Gasteiger partial charge in [-0.3, -0.25) is 0 Å². The van der Waals surface area contributed by atoms with Gasteiger partial charge < -0.3 is 5.73 Å². The summed E-state index contributed by atoms with van der Waals surface area (Å²) in [7, 11) is 0. The number of nitrogens with zero attached hydrogens (tertiary/aromatic N) is 1. The first-order valence-electron chi connectivity index (χ1n) is 12.0. The van der Waals surface area contributed by atoms with E-state index in [0.717, 1.165) is 19.4 Å². The lowest BCUT2D eigenvalue weighted by atomic mass is 9.74. The van der Waals surface area contributed by atoms with E-state index in [1.54, 1.807) is 16.7 Å². The minimum absolute atomic E-state index is 0.310. The van der Waals surface area contributed by atoms with Crippen molar-refractivity contribution in [1.29, 1.82) is 5.26 Å². The Morgan fingerprint density at radius 2 is 1.80 bits per heavy atom. The van der Waals surface area contributed by atoms with Crippen molar-refractivity contribution in [3.05, 3.63) is 58.2 Å². The topological polar surface area (TPSA) is 49.8 Å². The van der Waals surface area contributed by atoms with E-state index in [4.69, 9.17) is 11.0 Å². The zero-order valence-electron chi connectivity index (χ0n) is 20.3. The zero-order chi connectivity index (χ0) is 22.5. The molecule has 2 heteroatoms. The molecule has 2 aliphatic carbocycles. The first kappa shape index (κ1) is 26.2. The van der Waals surface area contributed by atoms with Gasteiger partial charge in [0, 0.05) is 11.8 Å². The highest BCUT2D eigenvalue weighted by molar-refractivity contribution is 5.48. The van der Waals surface area contributed by atoms with Gasteiger partial charge in [0.25, 0.3) is 0 Å². The Morgan fingerprint density at radius 3 is 2.37 bits per heavy atom. The molecule has 1 aromatic carbocycles. The van der Waals surface area contributed by atoms with E-state index in [2.05, 4.69) is 71.0 Å². The summed E-state index contributed by atoms with van der Waals surface area (Å²) in [5.41, 5.74) is 12.7. The van der Waals surface area contributed by atoms with Crippen molar-refractivity contribution in [2.45, 2.75) is 92.4 Å². The molecule has 3 unspecified atom stereocenters. The maximum Gasteiger partial charge on any atom is 0.0655 e. The molecule has 3 atom stereocenters. The fraction of sp³-hybridized carbons (Fsp3) is 0.607. The van der Waals surface area contributed by atoms with Crippen molar-refractivity contribution in [2.75, 3.05) is 6.54 Å². The Morgan fingerprint density at radius 1 is 1.13 bits per heavy atom. The number of hydrogen-bond donors (Lipinski definition) is 1. The van der Waals surface area contributed by atoms with Crippen LogP contribution in [-0.4, -0.2) is 6.54 Å². The van der Waals surface area contributed by atoms with Gasteiger partial charge in [-0.25, -0.2) is 0 Å². The molecule has 2 nitrogen and oxygen atoms in total. The second kappa shape index (κ2) is 14.2. The third kappa shape index (κ3) is 7.44. The molecule has 3 rings (SSSR count). The van der Waals surface area contributed by atoms with Crippen LogP contribution in [0.3, 0.4) is 0 Å². The van der Waals surface area contributed by atoms with E-state index < -0.39 is 0 Å². The summed E-state index contributed by atoms with van der Waals surface area (Å²) in [6.07, 6.45) is 11.0. The molecular weight excluding hydrogens is 364 g/mol. The van der Waals surface area contributed by atoms with Gasteiger partial charge in [-0.2, -0.15) is 5.26 Å². The van der Waals surface area contributed by atoms with Crippen LogP contribution >= 0.6 is 0 Å². The van der Waals surface area contributed by atoms with Gasteiger partial charge >= 0.3 is 0 Å². The highest BCUT2D eigenvalue weighted by atomic mass is 14.5. The molecule has 2 aliphatic rings. The standard InChI is InChI=1S/C18H22.C8H15N.C2H7N/c1-12-7-4-5-9-16(12)18-11-15-8-6-10-17(15)13(2)14(18)3;1-3-5-6-8(4-2)7-9;1-2-3/h4-5,7,9,11,14,18H,6,8,10H2,1-3H3;8H,3-6H2,1-2H3;2-3H2,1H3. The van der Waals surface area contributed by atoms with Crippen LogP contribution in [0.4, 0.5) is 0 Å². The molecule has 30 heavy (non-hydrogen) atoms. The van der Waals surface area contributed by atoms with Gasteiger partial charge in [-0.05, 0) is 80.7 Å². The van der Waals surface area contributed by atoms with Crippen LogP contribution in [0.5, 0.6) is 0 Å². The Kier molecular flexibility index (Phi) is 12.4. The normalized spacial score (nSPS) is 20.7. The molecule has 0 aliphatic heterocycles. The average molecular weight is 409 g/mol. The monoisotopic (exact) mass is 408 g/mol. The van der Waals surface area contributed by atoms with Crippen molar-refractivity contribution in [3.8, 4) is 6.07 Å². The molecule has 1 aromatic rings. The molecule has 0 bridgehead atoms. The van der Waals surface area contributed by atoms with Crippen molar-refractivity contribution >= 4 is 0 Å². The molecule has 0 aromatic heterocycles. The highest BCUT2D eigenvalue weighted by Gasteiger charge is 2.29. The number of rotatable bonds is 5. The van der Waals surface area contributed by atoms with E-state index in [9.17, 15) is 0 Å². The van der Waals surface area contributed by atoms with Gasteiger partial charge in [0.2, 0.25) is 0 Å². The van der Waals surface area contributed by atoms with Crippen molar-refractivity contribution < 1.29 is 0 Å². The summed E-state index contributed by atoms with van der Waals surface area (Å²) >= 11 is 0. The number of benzene rings is 1. The van der Waals surface area contributed by atoms with Crippen LogP contribution in [0, 0.1) is 30.1 Å². The maximum atomic E-state index is 8.50. The molecule has 0 radical (unpaired) electrons. The molecule has 0 spiro atoms. The summed E-state index contributed by atoms with van der Waals surface area (Å²) in [5, 5.41) is 8.50. The lowest BCUT2D eigenvalue weighted by molar-refractivity contribution is 0.551. The number of aryl methyl sites for hydroxylation is 1. The predicted molar refractivity (Wildman–Crippen MR) is 131 cm³/mol. The number of allylic oxidation sites excluding steroid dienone is 4. The van der Waals surface area contributed by atoms with Crippen LogP contribution in [0.25, 0.3) is 0 Å². The molecule has 0 saturated heterocycles. The fourth-order valence-electron chi connectivity index (χ4n) is 4.44. The van der Waals surface area contributed by atoms with Gasteiger partial charge in [-0.15, -0.1) is 0 Å². The maximum absolute atomic E-state index is 8.50. The highest BCUT2D eigenvalue weighted by Crippen LogP contribution is 2.46. The number of hydrogen-bond acceptors (Lipinski definition) is 2. The molecule has 2 N–H and O–H groups in total. The molecule has 1 saturated carbocycles. The lowest BCUT2D eigenvalue weighted by Gasteiger charge is -2.30. The van der Waals surface area contributed by atoms with Crippen molar-refractivity contribution in [2.24, 2.45) is 17.6 Å². The Labute approximate surface area is 186 Å². The first-order valence-corrected chi connectivity index (χ1v) is 12.0. The van der Waals surface area contributed by atoms with E-state index >= 15 is 0 Å². The van der Waals surface area contributed by atoms with Crippen molar-refractivity contribution in [1.82, 2.24) is 0 Å². The summed E-state index contributed by atoms with van der Waals surface area (Å²) in [6, 6.07) is 11.2. The second-order valence-electron chi connectivity index (χ2n) is 8.66. The number of fused-ring (bicyclic) bond motifs is 1. The third-order valence-corrected chi connectivity index (χ3v) is 6.47. The molecule has 0 heterocycles. The summed E-state index contributed by atoms with van der Waals surface area (Å²) in [6.45, 7) is 13.9. The van der Waals surface area contributed by atoms with E-state index in [1.165, 1.54) is 43.2 Å². The molecular formula is C28H44N2. The molecule has 166 valence electrons. The predicted octanol–water partition coefficient (Wildman–Crippen LogP) is 7.85. The van der Waals surface area contributed by atoms with Gasteiger partial charge in [0.1, 0.15) is 0 Å². The Bertz CT molecular complexity index is 735. The second-order valence-corrected chi connectivity index (χ2v) is 8.66. The minimum Gasteiger partial charge on any atom is -0.331 e. The molecule has 1 fully saturated rings. The summed E-state index contributed by atoms with van der Waals surface area (Å²) in [4.78, 5) is 0. The Hall–Kier alpha value is -1.85. The number of nitrogens with two attached hydrogens (primary N) is 1. The third-order valence-electron chi connectivity index (χ3n) is 6.47. The largest absolute Gasteiger partial charge is 0.331 e. The van der Waals surface area contributed by atoms with Gasteiger partial charge in [-0.1, -0.05) is 76.5 Å². The minimum atomic E-state index is 0.310. The van der Waals surface area contributed by atoms with Crippen LogP contribution in [0.1, 0.15) is 96.6 Å². The van der Waals surface area contributed by atoms with Gasteiger partial charge in [0.15, 0.2) is 0 Å². The SMILES string of the molecule is CC1=C2CCCC2=CC(c2ccccc2C)C1C.CCCCC(C#N)CC.CCN. The zero-order valence-corrected chi connectivity index (χ0v) is 20.3.